The van der Waals surface area contributed by atoms with Crippen LogP contribution in [-0.4, -0.2) is 0 Å². The maximum atomic E-state index is 6.73. The maximum Gasteiger partial charge on any atom is 0.142 e. The maximum absolute atomic E-state index is 6.73. The standard InChI is InChI=1S/C44H29NO2/c1-2-13-35(42-28-31-27-26-30-15-4-6-18-33(30)44(31)47-42)34-19-7-9-21-38(34)45(37-22-11-16-29-14-3-5-17-32(29)37)39-23-12-25-41-43(39)36-20-8-10-24-40(36)46-41/h2-28H,1H2/b35-13-. The van der Waals surface area contributed by atoms with E-state index in [2.05, 4.69) is 145 Å². The minimum atomic E-state index is 0.786. The molecule has 0 spiro atoms. The van der Waals surface area contributed by atoms with E-state index < -0.39 is 0 Å². The first-order valence-corrected chi connectivity index (χ1v) is 15.8. The molecule has 0 atom stereocenters. The van der Waals surface area contributed by atoms with Crippen LogP contribution in [0.25, 0.3) is 60.0 Å². The summed E-state index contributed by atoms with van der Waals surface area (Å²) in [7, 11) is 0. The van der Waals surface area contributed by atoms with Crippen LogP contribution in [0.2, 0.25) is 0 Å². The van der Waals surface area contributed by atoms with Crippen LogP contribution in [0.5, 0.6) is 0 Å². The van der Waals surface area contributed by atoms with Crippen LogP contribution < -0.4 is 4.90 Å². The van der Waals surface area contributed by atoms with Gasteiger partial charge in [-0.3, -0.25) is 0 Å². The smallest absolute Gasteiger partial charge is 0.142 e. The molecule has 0 amide bonds. The lowest BCUT2D eigenvalue weighted by Gasteiger charge is -2.30. The Labute approximate surface area is 271 Å². The topological polar surface area (TPSA) is 29.5 Å². The molecule has 0 unspecified atom stereocenters. The van der Waals surface area contributed by atoms with Gasteiger partial charge in [-0.1, -0.05) is 134 Å². The molecule has 3 heteroatoms. The van der Waals surface area contributed by atoms with Crippen molar-refractivity contribution in [2.24, 2.45) is 0 Å². The first kappa shape index (κ1) is 27.0. The quantitative estimate of drug-likeness (QED) is 0.177. The van der Waals surface area contributed by atoms with Crippen molar-refractivity contribution in [3.8, 4) is 0 Å². The molecule has 2 heterocycles. The highest BCUT2D eigenvalue weighted by molar-refractivity contribution is 6.15. The van der Waals surface area contributed by atoms with Gasteiger partial charge < -0.3 is 13.7 Å². The van der Waals surface area contributed by atoms with E-state index in [1.165, 1.54) is 5.39 Å². The summed E-state index contributed by atoms with van der Waals surface area (Å²) in [6.45, 7) is 4.11. The number of para-hydroxylation sites is 2. The minimum Gasteiger partial charge on any atom is -0.456 e. The van der Waals surface area contributed by atoms with Gasteiger partial charge in [-0.2, -0.15) is 0 Å². The number of nitrogens with zero attached hydrogens (tertiary/aromatic N) is 1. The predicted molar refractivity (Wildman–Crippen MR) is 197 cm³/mol. The van der Waals surface area contributed by atoms with E-state index in [0.29, 0.717) is 0 Å². The zero-order chi connectivity index (χ0) is 31.3. The lowest BCUT2D eigenvalue weighted by molar-refractivity contribution is 0.603. The fourth-order valence-corrected chi connectivity index (χ4v) is 6.95. The summed E-state index contributed by atoms with van der Waals surface area (Å²) in [6, 6.07) is 52.9. The van der Waals surface area contributed by atoms with Crippen molar-refractivity contribution in [2.75, 3.05) is 4.90 Å². The molecule has 9 rings (SSSR count). The lowest BCUT2D eigenvalue weighted by atomic mass is 9.97. The van der Waals surface area contributed by atoms with Crippen LogP contribution in [0.1, 0.15) is 11.3 Å². The van der Waals surface area contributed by atoms with Crippen LogP contribution in [0.15, 0.2) is 179 Å². The Balaban J connectivity index is 1.34. The zero-order valence-corrected chi connectivity index (χ0v) is 25.6. The third kappa shape index (κ3) is 4.36. The van der Waals surface area contributed by atoms with E-state index in [4.69, 9.17) is 8.83 Å². The third-order valence-corrected chi connectivity index (χ3v) is 9.02. The normalized spacial score (nSPS) is 12.0. The van der Waals surface area contributed by atoms with Crippen molar-refractivity contribution in [1.82, 2.24) is 0 Å². The molecule has 0 N–H and O–H groups in total. The summed E-state index contributed by atoms with van der Waals surface area (Å²) in [5.41, 5.74) is 7.68. The van der Waals surface area contributed by atoms with Crippen molar-refractivity contribution in [2.45, 2.75) is 0 Å². The first-order valence-electron chi connectivity index (χ1n) is 15.8. The number of anilines is 3. The molecule has 0 bridgehead atoms. The summed E-state index contributed by atoms with van der Waals surface area (Å²) in [6.07, 6.45) is 3.89. The van der Waals surface area contributed by atoms with E-state index >= 15 is 0 Å². The molecule has 0 aliphatic carbocycles. The summed E-state index contributed by atoms with van der Waals surface area (Å²) < 4.78 is 13.1. The van der Waals surface area contributed by atoms with E-state index in [1.807, 2.05) is 30.4 Å². The second-order valence-corrected chi connectivity index (χ2v) is 11.7. The Hall–Kier alpha value is -6.32. The summed E-state index contributed by atoms with van der Waals surface area (Å²) >= 11 is 0. The van der Waals surface area contributed by atoms with Crippen LogP contribution in [0, 0.1) is 0 Å². The molecule has 9 aromatic rings. The van der Waals surface area contributed by atoms with Crippen molar-refractivity contribution in [1.29, 1.82) is 0 Å². The summed E-state index contributed by atoms with van der Waals surface area (Å²) in [5.74, 6) is 0.786. The van der Waals surface area contributed by atoms with Gasteiger partial charge in [0.1, 0.15) is 22.5 Å². The number of rotatable bonds is 6. The molecule has 0 aliphatic rings. The van der Waals surface area contributed by atoms with Crippen LogP contribution in [0.3, 0.4) is 0 Å². The lowest BCUT2D eigenvalue weighted by Crippen LogP contribution is -2.13. The van der Waals surface area contributed by atoms with Gasteiger partial charge in [0.15, 0.2) is 0 Å². The molecule has 222 valence electrons. The number of allylic oxidation sites excluding steroid dienone is 2. The zero-order valence-electron chi connectivity index (χ0n) is 25.6. The second-order valence-electron chi connectivity index (χ2n) is 11.7. The van der Waals surface area contributed by atoms with E-state index in [-0.39, 0.29) is 0 Å². The number of furan rings is 2. The highest BCUT2D eigenvalue weighted by atomic mass is 16.3. The van der Waals surface area contributed by atoms with Gasteiger partial charge in [0.05, 0.1) is 22.4 Å². The average Bonchev–Trinajstić information content (AvgIpc) is 3.74. The van der Waals surface area contributed by atoms with Crippen LogP contribution >= 0.6 is 0 Å². The van der Waals surface area contributed by atoms with Crippen LogP contribution in [0.4, 0.5) is 17.1 Å². The Morgan fingerprint density at radius 2 is 1.13 bits per heavy atom. The highest BCUT2D eigenvalue weighted by Gasteiger charge is 2.25. The Morgan fingerprint density at radius 1 is 0.511 bits per heavy atom. The van der Waals surface area contributed by atoms with Crippen molar-refractivity contribution < 1.29 is 8.83 Å². The fraction of sp³-hybridized carbons (Fsp3) is 0. The number of fused-ring (bicyclic) bond motifs is 7. The van der Waals surface area contributed by atoms with E-state index in [1.54, 1.807) is 0 Å². The van der Waals surface area contributed by atoms with Gasteiger partial charge >= 0.3 is 0 Å². The number of hydrogen-bond acceptors (Lipinski definition) is 3. The van der Waals surface area contributed by atoms with Gasteiger partial charge in [-0.15, -0.1) is 0 Å². The average molecular weight is 604 g/mol. The molecule has 0 saturated heterocycles. The Morgan fingerprint density at radius 3 is 2.00 bits per heavy atom. The molecule has 0 radical (unpaired) electrons. The van der Waals surface area contributed by atoms with E-state index in [0.717, 1.165) is 83.0 Å². The molecule has 2 aromatic heterocycles. The van der Waals surface area contributed by atoms with Gasteiger partial charge in [0.2, 0.25) is 0 Å². The van der Waals surface area contributed by atoms with Gasteiger partial charge in [0.25, 0.3) is 0 Å². The van der Waals surface area contributed by atoms with Crippen molar-refractivity contribution in [3.63, 3.8) is 0 Å². The highest BCUT2D eigenvalue weighted by Crippen LogP contribution is 2.47. The van der Waals surface area contributed by atoms with Gasteiger partial charge in [-0.05, 0) is 47.2 Å². The van der Waals surface area contributed by atoms with Crippen LogP contribution in [-0.2, 0) is 0 Å². The fourth-order valence-electron chi connectivity index (χ4n) is 6.95. The van der Waals surface area contributed by atoms with E-state index in [9.17, 15) is 0 Å². The molecule has 7 aromatic carbocycles. The number of benzene rings is 7. The van der Waals surface area contributed by atoms with Gasteiger partial charge in [0, 0.05) is 32.7 Å². The molecule has 47 heavy (non-hydrogen) atoms. The van der Waals surface area contributed by atoms with Crippen molar-refractivity contribution >= 4 is 77.1 Å². The molecule has 0 fully saturated rings. The monoisotopic (exact) mass is 603 g/mol. The predicted octanol–water partition coefficient (Wildman–Crippen LogP) is 12.7. The summed E-state index contributed by atoms with van der Waals surface area (Å²) in [5, 5.41) is 7.77. The SMILES string of the molecule is C=C/C=C(\c1cc2ccc3ccccc3c2o1)c1ccccc1N(c1cccc2ccccc12)c1cccc2oc3ccccc3c12. The molecule has 0 saturated carbocycles. The van der Waals surface area contributed by atoms with Crippen molar-refractivity contribution in [3.05, 3.63) is 182 Å². The second kappa shape index (κ2) is 10.9. The summed E-state index contributed by atoms with van der Waals surface area (Å²) in [4.78, 5) is 2.37. The third-order valence-electron chi connectivity index (χ3n) is 9.02. The molecular formula is C44H29NO2. The number of hydrogen-bond donors (Lipinski definition) is 0. The Bertz CT molecular complexity index is 2670. The molecule has 3 nitrogen and oxygen atoms in total. The molecular weight excluding hydrogens is 574 g/mol. The Kier molecular flexibility index (Phi) is 6.29. The largest absolute Gasteiger partial charge is 0.456 e. The molecule has 0 aliphatic heterocycles. The minimum absolute atomic E-state index is 0.786. The first-order chi connectivity index (χ1) is 23.3. The van der Waals surface area contributed by atoms with Gasteiger partial charge in [-0.25, -0.2) is 0 Å².